The molecule has 72 valence electrons. The van der Waals surface area contributed by atoms with Crippen LogP contribution in [0.2, 0.25) is 0 Å². The van der Waals surface area contributed by atoms with Crippen molar-refractivity contribution in [1.82, 2.24) is 0 Å². The lowest BCUT2D eigenvalue weighted by Crippen LogP contribution is -2.01. The van der Waals surface area contributed by atoms with E-state index in [9.17, 15) is 9.59 Å². The molecule has 0 heterocycles. The zero-order valence-corrected chi connectivity index (χ0v) is 7.83. The molecule has 0 aliphatic heterocycles. The quantitative estimate of drug-likeness (QED) is 0.406. The van der Waals surface area contributed by atoms with Gasteiger partial charge in [-0.1, -0.05) is 12.2 Å². The standard InChI is InChI=1S/C9H12O4/c1-6(8(10)11)4-5-7(2)9(12)13-3/h4-5H,1-3H3,(H,10,11)/b6-4+,7-5+. The van der Waals surface area contributed by atoms with Crippen LogP contribution in [-0.2, 0) is 14.3 Å². The highest BCUT2D eigenvalue weighted by Crippen LogP contribution is 1.99. The third kappa shape index (κ3) is 4.10. The average molecular weight is 184 g/mol. The fraction of sp³-hybridized carbons (Fsp3) is 0.333. The molecule has 0 aliphatic rings. The van der Waals surface area contributed by atoms with Gasteiger partial charge in [-0.3, -0.25) is 0 Å². The van der Waals surface area contributed by atoms with Gasteiger partial charge in [-0.2, -0.15) is 0 Å². The Morgan fingerprint density at radius 3 is 2.00 bits per heavy atom. The molecule has 4 heteroatoms. The van der Waals surface area contributed by atoms with Crippen LogP contribution in [0.4, 0.5) is 0 Å². The summed E-state index contributed by atoms with van der Waals surface area (Å²) in [5, 5.41) is 8.48. The molecule has 0 aromatic carbocycles. The molecule has 4 nitrogen and oxygen atoms in total. The number of allylic oxidation sites excluding steroid dienone is 2. The fourth-order valence-electron chi connectivity index (χ4n) is 0.550. The molecule has 0 rings (SSSR count). The Kier molecular flexibility index (Phi) is 4.51. The fourth-order valence-corrected chi connectivity index (χ4v) is 0.550. The van der Waals surface area contributed by atoms with E-state index in [1.165, 1.54) is 26.2 Å². The molecule has 0 aromatic heterocycles. The molecule has 0 atom stereocenters. The van der Waals surface area contributed by atoms with Crippen molar-refractivity contribution >= 4 is 11.9 Å². The minimum absolute atomic E-state index is 0.170. The predicted molar refractivity (Wildman–Crippen MR) is 47.2 cm³/mol. The zero-order chi connectivity index (χ0) is 10.4. The van der Waals surface area contributed by atoms with E-state index < -0.39 is 11.9 Å². The first-order chi connectivity index (χ1) is 5.99. The molecular formula is C9H12O4. The number of esters is 1. The molecular weight excluding hydrogens is 172 g/mol. The lowest BCUT2D eigenvalue weighted by Gasteiger charge is -1.95. The van der Waals surface area contributed by atoms with Gasteiger partial charge in [-0.25, -0.2) is 9.59 Å². The van der Waals surface area contributed by atoms with Gasteiger partial charge in [0, 0.05) is 11.1 Å². The van der Waals surface area contributed by atoms with Crippen LogP contribution in [-0.4, -0.2) is 24.2 Å². The van der Waals surface area contributed by atoms with Crippen LogP contribution >= 0.6 is 0 Å². The molecule has 0 saturated carbocycles. The van der Waals surface area contributed by atoms with E-state index in [-0.39, 0.29) is 5.57 Å². The molecule has 0 radical (unpaired) electrons. The number of hydrogen-bond donors (Lipinski definition) is 1. The Hall–Kier alpha value is -1.58. The monoisotopic (exact) mass is 184 g/mol. The van der Waals surface area contributed by atoms with Gasteiger partial charge >= 0.3 is 11.9 Å². The van der Waals surface area contributed by atoms with Crippen molar-refractivity contribution in [3.63, 3.8) is 0 Å². The van der Waals surface area contributed by atoms with Crippen molar-refractivity contribution in [3.8, 4) is 0 Å². The number of ether oxygens (including phenoxy) is 1. The topological polar surface area (TPSA) is 63.6 Å². The van der Waals surface area contributed by atoms with E-state index in [1.54, 1.807) is 6.92 Å². The van der Waals surface area contributed by atoms with Crippen molar-refractivity contribution in [3.05, 3.63) is 23.3 Å². The first-order valence-corrected chi connectivity index (χ1v) is 3.65. The molecule has 0 fully saturated rings. The summed E-state index contributed by atoms with van der Waals surface area (Å²) in [6, 6.07) is 0. The normalized spacial score (nSPS) is 12.5. The van der Waals surface area contributed by atoms with Crippen molar-refractivity contribution in [2.45, 2.75) is 13.8 Å². The number of carboxylic acid groups (broad SMARTS) is 1. The van der Waals surface area contributed by atoms with Crippen LogP contribution in [0, 0.1) is 0 Å². The number of carbonyl (C=O) groups excluding carboxylic acids is 1. The van der Waals surface area contributed by atoms with E-state index >= 15 is 0 Å². The summed E-state index contributed by atoms with van der Waals surface area (Å²) in [5.41, 5.74) is 0.534. The van der Waals surface area contributed by atoms with Gasteiger partial charge in [0.2, 0.25) is 0 Å². The molecule has 13 heavy (non-hydrogen) atoms. The van der Waals surface area contributed by atoms with Crippen LogP contribution < -0.4 is 0 Å². The third-order valence-corrected chi connectivity index (χ3v) is 1.43. The second-order valence-corrected chi connectivity index (χ2v) is 2.50. The van der Waals surface area contributed by atoms with E-state index in [1.807, 2.05) is 0 Å². The lowest BCUT2D eigenvalue weighted by molar-refractivity contribution is -0.136. The highest BCUT2D eigenvalue weighted by Gasteiger charge is 2.02. The van der Waals surface area contributed by atoms with Gasteiger partial charge in [0.15, 0.2) is 0 Å². The smallest absolute Gasteiger partial charge is 0.333 e. The number of rotatable bonds is 3. The van der Waals surface area contributed by atoms with Crippen molar-refractivity contribution in [2.24, 2.45) is 0 Å². The molecule has 0 bridgehead atoms. The third-order valence-electron chi connectivity index (χ3n) is 1.43. The minimum atomic E-state index is -1.01. The van der Waals surface area contributed by atoms with E-state index in [4.69, 9.17) is 5.11 Å². The summed E-state index contributed by atoms with van der Waals surface area (Å²) in [5.74, 6) is -1.47. The molecule has 0 amide bonds. The maximum atomic E-state index is 10.8. The zero-order valence-electron chi connectivity index (χ0n) is 7.83. The Labute approximate surface area is 76.5 Å². The van der Waals surface area contributed by atoms with E-state index in [0.717, 1.165) is 0 Å². The highest BCUT2D eigenvalue weighted by atomic mass is 16.5. The van der Waals surface area contributed by atoms with Gasteiger partial charge in [0.05, 0.1) is 7.11 Å². The summed E-state index contributed by atoms with van der Waals surface area (Å²) >= 11 is 0. The predicted octanol–water partition coefficient (Wildman–Crippen LogP) is 1.14. The molecule has 0 unspecified atom stereocenters. The molecule has 0 aromatic rings. The van der Waals surface area contributed by atoms with E-state index in [0.29, 0.717) is 5.57 Å². The second kappa shape index (κ2) is 5.13. The lowest BCUT2D eigenvalue weighted by atomic mass is 10.2. The summed E-state index contributed by atoms with van der Waals surface area (Å²) in [7, 11) is 1.27. The minimum Gasteiger partial charge on any atom is -0.478 e. The van der Waals surface area contributed by atoms with Crippen LogP contribution in [0.3, 0.4) is 0 Å². The first kappa shape index (κ1) is 11.4. The van der Waals surface area contributed by atoms with Crippen LogP contribution in [0.1, 0.15) is 13.8 Å². The Morgan fingerprint density at radius 2 is 1.62 bits per heavy atom. The van der Waals surface area contributed by atoms with Crippen LogP contribution in [0.5, 0.6) is 0 Å². The largest absolute Gasteiger partial charge is 0.478 e. The maximum Gasteiger partial charge on any atom is 0.333 e. The Morgan fingerprint density at radius 1 is 1.15 bits per heavy atom. The number of aliphatic carboxylic acids is 1. The van der Waals surface area contributed by atoms with Crippen molar-refractivity contribution in [1.29, 1.82) is 0 Å². The summed E-state index contributed by atoms with van der Waals surface area (Å²) in [6.07, 6.45) is 2.77. The molecule has 0 spiro atoms. The number of methoxy groups -OCH3 is 1. The van der Waals surface area contributed by atoms with Gasteiger partial charge < -0.3 is 9.84 Å². The Balaban J connectivity index is 4.51. The number of hydrogen-bond acceptors (Lipinski definition) is 3. The Bertz CT molecular complexity index is 273. The maximum absolute atomic E-state index is 10.8. The highest BCUT2D eigenvalue weighted by molar-refractivity contribution is 5.89. The van der Waals surface area contributed by atoms with Crippen molar-refractivity contribution in [2.75, 3.05) is 7.11 Å². The molecule has 1 N–H and O–H groups in total. The molecule has 0 saturated heterocycles. The summed E-state index contributed by atoms with van der Waals surface area (Å²) in [6.45, 7) is 3.00. The number of carboxylic acids is 1. The average Bonchev–Trinajstić information content (AvgIpc) is 2.11. The van der Waals surface area contributed by atoms with Gasteiger partial charge in [0.1, 0.15) is 0 Å². The summed E-state index contributed by atoms with van der Waals surface area (Å²) in [4.78, 5) is 21.2. The summed E-state index contributed by atoms with van der Waals surface area (Å²) < 4.78 is 4.42. The SMILES string of the molecule is COC(=O)/C(C)=C/C=C(\C)C(=O)O. The second-order valence-electron chi connectivity index (χ2n) is 2.50. The van der Waals surface area contributed by atoms with Crippen molar-refractivity contribution < 1.29 is 19.4 Å². The van der Waals surface area contributed by atoms with Gasteiger partial charge in [-0.05, 0) is 13.8 Å². The van der Waals surface area contributed by atoms with Gasteiger partial charge in [0.25, 0.3) is 0 Å². The van der Waals surface area contributed by atoms with Crippen LogP contribution in [0.25, 0.3) is 0 Å². The van der Waals surface area contributed by atoms with Crippen LogP contribution in [0.15, 0.2) is 23.3 Å². The van der Waals surface area contributed by atoms with Gasteiger partial charge in [-0.15, -0.1) is 0 Å². The number of carbonyl (C=O) groups is 2. The first-order valence-electron chi connectivity index (χ1n) is 3.65. The van der Waals surface area contributed by atoms with E-state index in [2.05, 4.69) is 4.74 Å². The molecule has 0 aliphatic carbocycles.